The van der Waals surface area contributed by atoms with Crippen molar-refractivity contribution >= 4 is 11.9 Å². The molecule has 26 heavy (non-hydrogen) atoms. The van der Waals surface area contributed by atoms with E-state index in [0.29, 0.717) is 11.4 Å². The maximum absolute atomic E-state index is 10.5. The highest BCUT2D eigenvalue weighted by atomic mass is 16.4. The number of hydrogen-bond acceptors (Lipinski definition) is 8. The Bertz CT molecular complexity index is 744. The highest BCUT2D eigenvalue weighted by Gasteiger charge is 2.11. The Labute approximate surface area is 148 Å². The van der Waals surface area contributed by atoms with Gasteiger partial charge in [-0.1, -0.05) is 0 Å². The largest absolute Gasteiger partial charge is 0.506 e. The van der Waals surface area contributed by atoms with Gasteiger partial charge in [-0.15, -0.1) is 0 Å². The first-order valence-corrected chi connectivity index (χ1v) is 7.60. The number of pyridine rings is 2. The number of rotatable bonds is 9. The number of hydrogen-bond donors (Lipinski definition) is 6. The zero-order valence-electron chi connectivity index (χ0n) is 13.6. The Morgan fingerprint density at radius 3 is 1.50 bits per heavy atom. The molecule has 0 unspecified atom stereocenters. The van der Waals surface area contributed by atoms with Gasteiger partial charge in [-0.25, -0.2) is 9.97 Å². The fourth-order valence-corrected chi connectivity index (χ4v) is 2.11. The second kappa shape index (κ2) is 8.74. The first-order chi connectivity index (χ1) is 12.4. The maximum Gasteiger partial charge on any atom is 0.317 e. The molecule has 2 aromatic heterocycles. The SMILES string of the molecule is O=C(O)CNCc1nc(-c2ccc(O)c(CNCC(=O)O)n2)ccc1O. The first kappa shape index (κ1) is 19.1. The van der Waals surface area contributed by atoms with Gasteiger partial charge in [0.05, 0.1) is 35.9 Å². The van der Waals surface area contributed by atoms with Crippen LogP contribution in [0.1, 0.15) is 11.4 Å². The van der Waals surface area contributed by atoms with E-state index in [1.165, 1.54) is 24.3 Å². The smallest absolute Gasteiger partial charge is 0.317 e. The molecule has 2 rings (SSSR count). The summed E-state index contributed by atoms with van der Waals surface area (Å²) in [6, 6.07) is 5.89. The molecule has 0 fully saturated rings. The van der Waals surface area contributed by atoms with Crippen LogP contribution in [0.5, 0.6) is 11.5 Å². The van der Waals surface area contributed by atoms with Gasteiger partial charge in [0.15, 0.2) is 0 Å². The van der Waals surface area contributed by atoms with Crippen LogP contribution < -0.4 is 10.6 Å². The summed E-state index contributed by atoms with van der Waals surface area (Å²) in [6.07, 6.45) is 0. The molecule has 6 N–H and O–H groups in total. The van der Waals surface area contributed by atoms with Gasteiger partial charge >= 0.3 is 11.9 Å². The topological polar surface area (TPSA) is 165 Å². The Morgan fingerprint density at radius 2 is 1.15 bits per heavy atom. The van der Waals surface area contributed by atoms with Crippen LogP contribution in [0.25, 0.3) is 11.4 Å². The molecule has 0 saturated heterocycles. The molecule has 10 heteroatoms. The van der Waals surface area contributed by atoms with Gasteiger partial charge in [0.2, 0.25) is 0 Å². The van der Waals surface area contributed by atoms with Gasteiger partial charge in [0.25, 0.3) is 0 Å². The van der Waals surface area contributed by atoms with E-state index >= 15 is 0 Å². The first-order valence-electron chi connectivity index (χ1n) is 7.60. The van der Waals surface area contributed by atoms with Crippen molar-refractivity contribution < 1.29 is 30.0 Å². The molecule has 0 bridgehead atoms. The fraction of sp³-hybridized carbons (Fsp3) is 0.250. The average molecular weight is 362 g/mol. The molecule has 0 aromatic carbocycles. The summed E-state index contributed by atoms with van der Waals surface area (Å²) in [4.78, 5) is 29.6. The zero-order chi connectivity index (χ0) is 19.1. The number of nitrogens with one attached hydrogen (secondary N) is 2. The van der Waals surface area contributed by atoms with Crippen molar-refractivity contribution in [1.29, 1.82) is 0 Å². The van der Waals surface area contributed by atoms with Crippen molar-refractivity contribution in [1.82, 2.24) is 20.6 Å². The molecule has 0 spiro atoms. The number of aliphatic carboxylic acids is 2. The number of carbonyl (C=O) groups is 2. The van der Waals surface area contributed by atoms with Crippen LogP contribution in [0, 0.1) is 0 Å². The molecule has 0 aliphatic rings. The van der Waals surface area contributed by atoms with Crippen LogP contribution >= 0.6 is 0 Å². The minimum atomic E-state index is -1.03. The van der Waals surface area contributed by atoms with Crippen molar-refractivity contribution in [3.05, 3.63) is 35.7 Å². The Morgan fingerprint density at radius 1 is 0.769 bits per heavy atom. The summed E-state index contributed by atoms with van der Waals surface area (Å²) in [5.41, 5.74) is 1.33. The average Bonchev–Trinajstić information content (AvgIpc) is 2.57. The van der Waals surface area contributed by atoms with Gasteiger partial charge in [-0.05, 0) is 24.3 Å². The van der Waals surface area contributed by atoms with E-state index in [0.717, 1.165) is 0 Å². The van der Waals surface area contributed by atoms with Crippen molar-refractivity contribution in [2.45, 2.75) is 13.1 Å². The Balaban J connectivity index is 2.19. The van der Waals surface area contributed by atoms with E-state index in [1.54, 1.807) is 0 Å². The van der Waals surface area contributed by atoms with Gasteiger partial charge in [0.1, 0.15) is 11.5 Å². The van der Waals surface area contributed by atoms with Gasteiger partial charge in [-0.3, -0.25) is 9.59 Å². The summed E-state index contributed by atoms with van der Waals surface area (Å²) < 4.78 is 0. The molecule has 0 aliphatic heterocycles. The van der Waals surface area contributed by atoms with Gasteiger partial charge < -0.3 is 31.1 Å². The molecule has 10 nitrogen and oxygen atoms in total. The third-order valence-electron chi connectivity index (χ3n) is 3.30. The van der Waals surface area contributed by atoms with Gasteiger partial charge in [-0.2, -0.15) is 0 Å². The number of aromatic hydroxyl groups is 2. The molecule has 138 valence electrons. The second-order valence-electron chi connectivity index (χ2n) is 5.32. The van der Waals surface area contributed by atoms with E-state index in [4.69, 9.17) is 10.2 Å². The standard InChI is InChI=1S/C16H18N4O6/c21-13-3-1-9(19-11(13)5-17-7-15(23)24)10-2-4-14(22)12(20-10)6-18-8-16(25)26/h1-4,17-18,21-22H,5-8H2,(H,23,24)(H,25,26). The van der Waals surface area contributed by atoms with Gasteiger partial charge in [0, 0.05) is 13.1 Å². The summed E-state index contributed by atoms with van der Waals surface area (Å²) >= 11 is 0. The number of carboxylic acids is 2. The van der Waals surface area contributed by atoms with Crippen LogP contribution in [0.3, 0.4) is 0 Å². The van der Waals surface area contributed by atoms with Crippen LogP contribution in [0.4, 0.5) is 0 Å². The summed E-state index contributed by atoms with van der Waals surface area (Å²) in [5.74, 6) is -2.23. The third-order valence-corrected chi connectivity index (χ3v) is 3.30. The number of nitrogens with zero attached hydrogens (tertiary/aromatic N) is 2. The molecule has 0 atom stereocenters. The van der Waals surface area contributed by atoms with E-state index in [2.05, 4.69) is 20.6 Å². The maximum atomic E-state index is 10.5. The minimum Gasteiger partial charge on any atom is -0.506 e. The van der Waals surface area contributed by atoms with E-state index in [1.807, 2.05) is 0 Å². The fourth-order valence-electron chi connectivity index (χ4n) is 2.11. The lowest BCUT2D eigenvalue weighted by Crippen LogP contribution is -2.22. The molecule has 0 radical (unpaired) electrons. The molecule has 2 aromatic rings. The van der Waals surface area contributed by atoms with Crippen molar-refractivity contribution in [2.75, 3.05) is 13.1 Å². The molecule has 2 heterocycles. The van der Waals surface area contributed by atoms with E-state index in [9.17, 15) is 19.8 Å². The lowest BCUT2D eigenvalue weighted by Gasteiger charge is -2.10. The van der Waals surface area contributed by atoms with E-state index in [-0.39, 0.29) is 49.1 Å². The molecular formula is C16H18N4O6. The quantitative estimate of drug-likeness (QED) is 0.355. The third kappa shape index (κ3) is 5.40. The molecule has 0 aliphatic carbocycles. The van der Waals surface area contributed by atoms with Crippen LogP contribution in [0.15, 0.2) is 24.3 Å². The Hall–Kier alpha value is -3.24. The highest BCUT2D eigenvalue weighted by molar-refractivity contribution is 5.69. The highest BCUT2D eigenvalue weighted by Crippen LogP contribution is 2.24. The molecular weight excluding hydrogens is 344 g/mol. The second-order valence-corrected chi connectivity index (χ2v) is 5.32. The lowest BCUT2D eigenvalue weighted by atomic mass is 10.2. The van der Waals surface area contributed by atoms with Crippen LogP contribution in [-0.2, 0) is 22.7 Å². The van der Waals surface area contributed by atoms with Crippen LogP contribution in [0.2, 0.25) is 0 Å². The minimum absolute atomic E-state index is 0.0527. The molecule has 0 saturated carbocycles. The van der Waals surface area contributed by atoms with Crippen LogP contribution in [-0.4, -0.2) is 55.4 Å². The predicted molar refractivity (Wildman–Crippen MR) is 89.5 cm³/mol. The monoisotopic (exact) mass is 362 g/mol. The predicted octanol–water partition coefficient (Wildman–Crippen LogP) is -0.0968. The summed E-state index contributed by atoms with van der Waals surface area (Å²) in [5, 5.41) is 42.2. The van der Waals surface area contributed by atoms with Crippen molar-refractivity contribution in [3.8, 4) is 22.9 Å². The zero-order valence-corrected chi connectivity index (χ0v) is 13.6. The van der Waals surface area contributed by atoms with E-state index < -0.39 is 11.9 Å². The lowest BCUT2D eigenvalue weighted by molar-refractivity contribution is -0.137. The normalized spacial score (nSPS) is 10.6. The van der Waals surface area contributed by atoms with Crippen molar-refractivity contribution in [3.63, 3.8) is 0 Å². The molecule has 0 amide bonds. The summed E-state index contributed by atoms with van der Waals surface area (Å²) in [7, 11) is 0. The summed E-state index contributed by atoms with van der Waals surface area (Å²) in [6.45, 7) is -0.446. The number of aromatic nitrogens is 2. The Kier molecular flexibility index (Phi) is 6.42. The number of carboxylic acid groups (broad SMARTS) is 2. The van der Waals surface area contributed by atoms with Crippen molar-refractivity contribution in [2.24, 2.45) is 0 Å².